The van der Waals surface area contributed by atoms with Crippen molar-refractivity contribution < 1.29 is 13.9 Å². The van der Waals surface area contributed by atoms with Crippen molar-refractivity contribution in [2.45, 2.75) is 32.0 Å². The number of ether oxygens (including phenoxy) is 1. The maximum absolute atomic E-state index is 12.3. The summed E-state index contributed by atoms with van der Waals surface area (Å²) >= 11 is 1.34. The Balaban J connectivity index is 1.63. The van der Waals surface area contributed by atoms with Crippen LogP contribution in [0.4, 0.5) is 5.69 Å². The fourth-order valence-corrected chi connectivity index (χ4v) is 3.41. The molecule has 0 aliphatic carbocycles. The summed E-state index contributed by atoms with van der Waals surface area (Å²) in [6.07, 6.45) is 1.60. The summed E-state index contributed by atoms with van der Waals surface area (Å²) < 4.78 is 12.8. The summed E-state index contributed by atoms with van der Waals surface area (Å²) in [5, 5.41) is 12.0. The summed E-state index contributed by atoms with van der Waals surface area (Å²) in [4.78, 5) is 12.3. The smallest absolute Gasteiger partial charge is 0.234 e. The lowest BCUT2D eigenvalue weighted by Crippen LogP contribution is -2.15. The number of nitrogens with zero attached hydrogens (tertiary/aromatic N) is 3. The largest absolute Gasteiger partial charge is 0.494 e. The molecule has 3 rings (SSSR count). The number of hydrogen-bond donors (Lipinski definition) is 1. The van der Waals surface area contributed by atoms with Gasteiger partial charge in [0.25, 0.3) is 0 Å². The molecule has 0 saturated heterocycles. The maximum atomic E-state index is 12.3. The van der Waals surface area contributed by atoms with E-state index in [1.54, 1.807) is 6.26 Å². The predicted molar refractivity (Wildman–Crippen MR) is 105 cm³/mol. The van der Waals surface area contributed by atoms with Crippen molar-refractivity contribution in [3.63, 3.8) is 0 Å². The van der Waals surface area contributed by atoms with Crippen LogP contribution in [-0.4, -0.2) is 33.0 Å². The number of aromatic nitrogens is 3. The number of hydrogen-bond acceptors (Lipinski definition) is 6. The molecule has 7 nitrogen and oxygen atoms in total. The van der Waals surface area contributed by atoms with Gasteiger partial charge in [0.2, 0.25) is 11.7 Å². The molecule has 0 aliphatic heterocycles. The quantitative estimate of drug-likeness (QED) is 0.583. The third kappa shape index (κ3) is 4.71. The molecule has 0 saturated carbocycles. The van der Waals surface area contributed by atoms with Crippen molar-refractivity contribution in [2.24, 2.45) is 0 Å². The van der Waals surface area contributed by atoms with Crippen LogP contribution in [0.1, 0.15) is 26.8 Å². The van der Waals surface area contributed by atoms with E-state index in [2.05, 4.69) is 15.5 Å². The first kappa shape index (κ1) is 19.0. The number of anilines is 1. The van der Waals surface area contributed by atoms with Gasteiger partial charge in [0.1, 0.15) is 5.75 Å². The monoisotopic (exact) mass is 386 g/mol. The van der Waals surface area contributed by atoms with Crippen molar-refractivity contribution >= 4 is 23.4 Å². The molecule has 0 spiro atoms. The van der Waals surface area contributed by atoms with E-state index in [1.807, 2.05) is 61.7 Å². The summed E-state index contributed by atoms with van der Waals surface area (Å²) in [6, 6.07) is 11.1. The van der Waals surface area contributed by atoms with Crippen LogP contribution in [0.15, 0.2) is 52.2 Å². The van der Waals surface area contributed by atoms with Gasteiger partial charge in [0.15, 0.2) is 10.9 Å². The highest BCUT2D eigenvalue weighted by atomic mass is 32.2. The van der Waals surface area contributed by atoms with Crippen molar-refractivity contribution in [3.8, 4) is 17.3 Å². The Morgan fingerprint density at radius 1 is 1.26 bits per heavy atom. The lowest BCUT2D eigenvalue weighted by molar-refractivity contribution is -0.113. The number of amides is 1. The molecular formula is C19H22N4O3S. The first-order chi connectivity index (χ1) is 13.1. The fraction of sp³-hybridized carbons (Fsp3) is 0.316. The van der Waals surface area contributed by atoms with E-state index >= 15 is 0 Å². The summed E-state index contributed by atoms with van der Waals surface area (Å²) in [7, 11) is 0. The molecule has 3 aromatic rings. The zero-order valence-corrected chi connectivity index (χ0v) is 16.3. The van der Waals surface area contributed by atoms with Gasteiger partial charge in [-0.2, -0.15) is 0 Å². The number of nitrogens with one attached hydrogen (secondary N) is 1. The summed E-state index contributed by atoms with van der Waals surface area (Å²) in [5.41, 5.74) is 0.727. The predicted octanol–water partition coefficient (Wildman–Crippen LogP) is 4.25. The molecule has 0 radical (unpaired) electrons. The van der Waals surface area contributed by atoms with E-state index in [0.29, 0.717) is 23.3 Å². The SMILES string of the molecule is CCOc1ccc(NC(=O)CSc2nnc(-c3ccco3)n2C(C)C)cc1. The van der Waals surface area contributed by atoms with Crippen LogP contribution in [0.3, 0.4) is 0 Å². The van der Waals surface area contributed by atoms with Crippen molar-refractivity contribution in [3.05, 3.63) is 42.7 Å². The molecule has 142 valence electrons. The standard InChI is InChI=1S/C19H22N4O3S/c1-4-25-15-9-7-14(8-10-15)20-17(24)12-27-19-22-21-18(23(19)13(2)3)16-6-5-11-26-16/h5-11,13H,4,12H2,1-3H3,(H,20,24). The Morgan fingerprint density at radius 3 is 2.67 bits per heavy atom. The highest BCUT2D eigenvalue weighted by molar-refractivity contribution is 7.99. The number of carbonyl (C=O) groups excluding carboxylic acids is 1. The van der Waals surface area contributed by atoms with Crippen LogP contribution in [0.25, 0.3) is 11.6 Å². The van der Waals surface area contributed by atoms with Gasteiger partial charge in [-0.05, 0) is 57.2 Å². The van der Waals surface area contributed by atoms with Crippen molar-refractivity contribution in [1.29, 1.82) is 0 Å². The molecule has 8 heteroatoms. The molecule has 1 N–H and O–H groups in total. The molecule has 27 heavy (non-hydrogen) atoms. The van der Waals surface area contributed by atoms with Gasteiger partial charge in [-0.25, -0.2) is 0 Å². The first-order valence-electron chi connectivity index (χ1n) is 8.72. The third-order valence-electron chi connectivity index (χ3n) is 3.70. The van der Waals surface area contributed by atoms with Gasteiger partial charge in [0.05, 0.1) is 18.6 Å². The normalized spacial score (nSPS) is 11.0. The maximum Gasteiger partial charge on any atom is 0.234 e. The molecular weight excluding hydrogens is 364 g/mol. The Labute approximate surface area is 162 Å². The average Bonchev–Trinajstić information content (AvgIpc) is 3.31. The molecule has 0 bridgehead atoms. The van der Waals surface area contributed by atoms with Gasteiger partial charge in [0, 0.05) is 11.7 Å². The lowest BCUT2D eigenvalue weighted by Gasteiger charge is -2.12. The first-order valence-corrected chi connectivity index (χ1v) is 9.71. The van der Waals surface area contributed by atoms with Crippen LogP contribution >= 0.6 is 11.8 Å². The van der Waals surface area contributed by atoms with Crippen LogP contribution < -0.4 is 10.1 Å². The Kier molecular flexibility index (Phi) is 6.18. The highest BCUT2D eigenvalue weighted by Crippen LogP contribution is 2.28. The zero-order chi connectivity index (χ0) is 19.2. The minimum absolute atomic E-state index is 0.109. The van der Waals surface area contributed by atoms with Crippen LogP contribution in [-0.2, 0) is 4.79 Å². The summed E-state index contributed by atoms with van der Waals surface area (Å²) in [5.74, 6) is 2.21. The molecule has 1 aromatic carbocycles. The molecule has 0 fully saturated rings. The fourth-order valence-electron chi connectivity index (χ4n) is 2.54. The summed E-state index contributed by atoms with van der Waals surface area (Å²) in [6.45, 7) is 6.62. The number of rotatable bonds is 8. The van der Waals surface area contributed by atoms with Gasteiger partial charge < -0.3 is 14.5 Å². The zero-order valence-electron chi connectivity index (χ0n) is 15.5. The Morgan fingerprint density at radius 2 is 2.04 bits per heavy atom. The Bertz CT molecular complexity index is 873. The molecule has 0 aliphatic rings. The van der Waals surface area contributed by atoms with Crippen LogP contribution in [0.2, 0.25) is 0 Å². The minimum atomic E-state index is -0.109. The second-order valence-electron chi connectivity index (χ2n) is 6.04. The van der Waals surface area contributed by atoms with Gasteiger partial charge in [-0.1, -0.05) is 11.8 Å². The number of furan rings is 1. The minimum Gasteiger partial charge on any atom is -0.494 e. The van der Waals surface area contributed by atoms with Crippen molar-refractivity contribution in [2.75, 3.05) is 17.7 Å². The topological polar surface area (TPSA) is 82.2 Å². The average molecular weight is 386 g/mol. The molecule has 2 heterocycles. The van der Waals surface area contributed by atoms with Gasteiger partial charge in [-0.3, -0.25) is 9.36 Å². The van der Waals surface area contributed by atoms with E-state index < -0.39 is 0 Å². The van der Waals surface area contributed by atoms with E-state index in [-0.39, 0.29) is 17.7 Å². The molecule has 1 amide bonds. The van der Waals surface area contributed by atoms with Gasteiger partial charge in [-0.15, -0.1) is 10.2 Å². The van der Waals surface area contributed by atoms with E-state index in [4.69, 9.17) is 9.15 Å². The second-order valence-corrected chi connectivity index (χ2v) is 6.98. The van der Waals surface area contributed by atoms with Gasteiger partial charge >= 0.3 is 0 Å². The van der Waals surface area contributed by atoms with E-state index in [9.17, 15) is 4.79 Å². The Hall–Kier alpha value is -2.74. The van der Waals surface area contributed by atoms with E-state index in [0.717, 1.165) is 11.4 Å². The number of benzene rings is 1. The highest BCUT2D eigenvalue weighted by Gasteiger charge is 2.19. The second kappa shape index (κ2) is 8.77. The van der Waals surface area contributed by atoms with E-state index in [1.165, 1.54) is 11.8 Å². The molecule has 0 atom stereocenters. The lowest BCUT2D eigenvalue weighted by atomic mass is 10.3. The van der Waals surface area contributed by atoms with Crippen LogP contribution in [0, 0.1) is 0 Å². The third-order valence-corrected chi connectivity index (χ3v) is 4.65. The molecule has 2 aromatic heterocycles. The number of thioether (sulfide) groups is 1. The van der Waals surface area contributed by atoms with Crippen LogP contribution in [0.5, 0.6) is 5.75 Å². The number of carbonyl (C=O) groups is 1. The van der Waals surface area contributed by atoms with Crippen molar-refractivity contribution in [1.82, 2.24) is 14.8 Å². The molecule has 0 unspecified atom stereocenters.